The number of alkyl halides is 4. The largest absolute Gasteiger partial charge is 0.391 e. The van der Waals surface area contributed by atoms with Gasteiger partial charge in [0.15, 0.2) is 0 Å². The molecule has 1 aliphatic rings. The first kappa shape index (κ1) is 7.19. The van der Waals surface area contributed by atoms with Crippen LogP contribution in [0.1, 0.15) is 12.8 Å². The van der Waals surface area contributed by atoms with Gasteiger partial charge in [0.25, 0.3) is 0 Å². The summed E-state index contributed by atoms with van der Waals surface area (Å²) in [7, 11) is 0. The Morgan fingerprint density at radius 1 is 1.22 bits per heavy atom. The van der Waals surface area contributed by atoms with Gasteiger partial charge >= 0.3 is 6.18 Å². The molecule has 9 heavy (non-hydrogen) atoms. The van der Waals surface area contributed by atoms with Crippen LogP contribution in [0.25, 0.3) is 0 Å². The molecule has 0 aromatic carbocycles. The minimum atomic E-state index is -4.01. The van der Waals surface area contributed by atoms with E-state index in [2.05, 4.69) is 0 Å². The normalized spacial score (nSPS) is 36.0. The summed E-state index contributed by atoms with van der Waals surface area (Å²) < 4.78 is 34.8. The lowest BCUT2D eigenvalue weighted by molar-refractivity contribution is -0.192. The molecular weight excluding hydrogens is 153 g/mol. The minimum absolute atomic E-state index is 0.102. The summed E-state index contributed by atoms with van der Waals surface area (Å²) in [5.41, 5.74) is 0. The maximum atomic E-state index is 11.6. The molecule has 1 rings (SSSR count). The zero-order valence-electron chi connectivity index (χ0n) is 4.58. The van der Waals surface area contributed by atoms with E-state index < -0.39 is 12.1 Å². The van der Waals surface area contributed by atoms with Crippen molar-refractivity contribution in [2.45, 2.75) is 24.4 Å². The van der Waals surface area contributed by atoms with Gasteiger partial charge in [0.05, 0.1) is 5.92 Å². The average Bonchev–Trinajstić information content (AvgIpc) is 1.55. The molecule has 0 nitrogen and oxygen atoms in total. The first-order chi connectivity index (χ1) is 4.00. The third-order valence-corrected chi connectivity index (χ3v) is 1.90. The molecule has 0 heterocycles. The van der Waals surface area contributed by atoms with Crippen molar-refractivity contribution in [3.05, 3.63) is 0 Å². The van der Waals surface area contributed by atoms with Crippen LogP contribution >= 0.6 is 11.6 Å². The van der Waals surface area contributed by atoms with E-state index in [4.69, 9.17) is 11.6 Å². The fourth-order valence-corrected chi connectivity index (χ4v) is 1.25. The highest BCUT2D eigenvalue weighted by molar-refractivity contribution is 6.21. The van der Waals surface area contributed by atoms with Crippen molar-refractivity contribution in [2.24, 2.45) is 5.92 Å². The van der Waals surface area contributed by atoms with Crippen LogP contribution in [0.5, 0.6) is 0 Å². The number of hydrogen-bond acceptors (Lipinski definition) is 0. The van der Waals surface area contributed by atoms with Crippen molar-refractivity contribution >= 4 is 11.6 Å². The van der Waals surface area contributed by atoms with Gasteiger partial charge in [0.2, 0.25) is 0 Å². The lowest BCUT2D eigenvalue weighted by Crippen LogP contribution is -2.36. The molecule has 0 atom stereocenters. The zero-order chi connectivity index (χ0) is 7.07. The molecule has 1 saturated carbocycles. The Labute approximate surface area is 56.0 Å². The van der Waals surface area contributed by atoms with Gasteiger partial charge < -0.3 is 0 Å². The highest BCUT2D eigenvalue weighted by atomic mass is 35.5. The van der Waals surface area contributed by atoms with E-state index in [1.165, 1.54) is 0 Å². The minimum Gasteiger partial charge on any atom is -0.171 e. The van der Waals surface area contributed by atoms with Gasteiger partial charge in [-0.1, -0.05) is 0 Å². The predicted molar refractivity (Wildman–Crippen MR) is 28.4 cm³/mol. The van der Waals surface area contributed by atoms with Crippen molar-refractivity contribution in [3.63, 3.8) is 0 Å². The molecular formula is C5H6ClF3. The Bertz CT molecular complexity index is 103. The van der Waals surface area contributed by atoms with Gasteiger partial charge in [-0.25, -0.2) is 0 Å². The fraction of sp³-hybridized carbons (Fsp3) is 1.00. The van der Waals surface area contributed by atoms with Crippen LogP contribution in [-0.2, 0) is 0 Å². The van der Waals surface area contributed by atoms with Gasteiger partial charge in [-0.05, 0) is 12.8 Å². The number of halogens is 4. The van der Waals surface area contributed by atoms with E-state index in [1.54, 1.807) is 0 Å². The molecule has 4 heteroatoms. The topological polar surface area (TPSA) is 0 Å². The Morgan fingerprint density at radius 2 is 1.67 bits per heavy atom. The molecule has 1 fully saturated rings. The van der Waals surface area contributed by atoms with Gasteiger partial charge in [-0.2, -0.15) is 13.2 Å². The first-order valence-corrected chi connectivity index (χ1v) is 3.14. The third kappa shape index (κ3) is 1.51. The smallest absolute Gasteiger partial charge is 0.171 e. The van der Waals surface area contributed by atoms with Gasteiger partial charge in [0, 0.05) is 5.38 Å². The molecule has 0 N–H and O–H groups in total. The molecule has 0 spiro atoms. The standard InChI is InChI=1S/C5H6ClF3/c6-4-1-3(2-4)5(7,8)9/h3-4H,1-2H2. The van der Waals surface area contributed by atoms with Crippen molar-refractivity contribution in [1.29, 1.82) is 0 Å². The summed E-state index contributed by atoms with van der Waals surface area (Å²) in [5.74, 6) is -1.13. The lowest BCUT2D eigenvalue weighted by atomic mass is 9.84. The molecule has 0 amide bonds. The second-order valence-electron chi connectivity index (χ2n) is 2.31. The molecule has 1 aliphatic carbocycles. The van der Waals surface area contributed by atoms with Crippen molar-refractivity contribution in [3.8, 4) is 0 Å². The summed E-state index contributed by atoms with van der Waals surface area (Å²) >= 11 is 5.35. The van der Waals surface area contributed by atoms with Crippen LogP contribution in [0.2, 0.25) is 0 Å². The number of hydrogen-bond donors (Lipinski definition) is 0. The van der Waals surface area contributed by atoms with Gasteiger partial charge in [0.1, 0.15) is 0 Å². The Hall–Kier alpha value is 0.0800. The SMILES string of the molecule is FC(F)(F)C1CC(Cl)C1. The monoisotopic (exact) mass is 158 g/mol. The van der Waals surface area contributed by atoms with E-state index in [-0.39, 0.29) is 18.2 Å². The fourth-order valence-electron chi connectivity index (χ4n) is 0.816. The third-order valence-electron chi connectivity index (χ3n) is 1.54. The number of rotatable bonds is 0. The van der Waals surface area contributed by atoms with Crippen molar-refractivity contribution < 1.29 is 13.2 Å². The zero-order valence-corrected chi connectivity index (χ0v) is 5.34. The van der Waals surface area contributed by atoms with E-state index in [9.17, 15) is 13.2 Å². The summed E-state index contributed by atoms with van der Waals surface area (Å²) in [5, 5.41) is -0.239. The quantitative estimate of drug-likeness (QED) is 0.476. The highest BCUT2D eigenvalue weighted by Crippen LogP contribution is 2.43. The molecule has 0 unspecified atom stereocenters. The maximum absolute atomic E-state index is 11.6. The van der Waals surface area contributed by atoms with Crippen LogP contribution in [0.4, 0.5) is 13.2 Å². The summed E-state index contributed by atoms with van der Waals surface area (Å²) in [6, 6.07) is 0. The van der Waals surface area contributed by atoms with Crippen LogP contribution in [-0.4, -0.2) is 11.6 Å². The van der Waals surface area contributed by atoms with Gasteiger partial charge in [-0.15, -0.1) is 11.6 Å². The van der Waals surface area contributed by atoms with Crippen molar-refractivity contribution in [1.82, 2.24) is 0 Å². The maximum Gasteiger partial charge on any atom is 0.391 e. The molecule has 54 valence electrons. The Morgan fingerprint density at radius 3 is 1.78 bits per heavy atom. The van der Waals surface area contributed by atoms with Crippen LogP contribution in [0, 0.1) is 5.92 Å². The van der Waals surface area contributed by atoms with E-state index in [0.29, 0.717) is 0 Å². The summed E-state index contributed by atoms with van der Waals surface area (Å²) in [6.07, 6.45) is -3.80. The first-order valence-electron chi connectivity index (χ1n) is 2.71. The van der Waals surface area contributed by atoms with Crippen LogP contribution in [0.3, 0.4) is 0 Å². The van der Waals surface area contributed by atoms with E-state index in [1.807, 2.05) is 0 Å². The molecule has 0 aliphatic heterocycles. The molecule has 0 radical (unpaired) electrons. The molecule has 0 aromatic rings. The highest BCUT2D eigenvalue weighted by Gasteiger charge is 2.47. The van der Waals surface area contributed by atoms with Crippen molar-refractivity contribution in [2.75, 3.05) is 0 Å². The summed E-state index contributed by atoms with van der Waals surface area (Å²) in [4.78, 5) is 0. The van der Waals surface area contributed by atoms with E-state index >= 15 is 0 Å². The Balaban J connectivity index is 2.32. The lowest BCUT2D eigenvalue weighted by Gasteiger charge is -2.32. The molecule has 0 bridgehead atoms. The predicted octanol–water partition coefficient (Wildman–Crippen LogP) is 2.57. The molecule has 0 aromatic heterocycles. The summed E-state index contributed by atoms with van der Waals surface area (Å²) in [6.45, 7) is 0. The van der Waals surface area contributed by atoms with E-state index in [0.717, 1.165) is 0 Å². The second kappa shape index (κ2) is 2.04. The van der Waals surface area contributed by atoms with Gasteiger partial charge in [-0.3, -0.25) is 0 Å². The molecule has 0 saturated heterocycles. The average molecular weight is 159 g/mol. The Kier molecular flexibility index (Phi) is 1.63. The van der Waals surface area contributed by atoms with Crippen LogP contribution < -0.4 is 0 Å². The van der Waals surface area contributed by atoms with Crippen LogP contribution in [0.15, 0.2) is 0 Å². The second-order valence-corrected chi connectivity index (χ2v) is 2.92.